The molecule has 1 aromatic heterocycles. The molecule has 0 aliphatic carbocycles. The van der Waals surface area contributed by atoms with Gasteiger partial charge in [0.2, 0.25) is 5.13 Å². The Morgan fingerprint density at radius 3 is 2.67 bits per heavy atom. The van der Waals surface area contributed by atoms with Crippen molar-refractivity contribution in [3.8, 4) is 17.2 Å². The van der Waals surface area contributed by atoms with Gasteiger partial charge in [-0.05, 0) is 67.8 Å². The number of carbonyl (C=O) groups is 2. The van der Waals surface area contributed by atoms with E-state index >= 15 is 0 Å². The lowest BCUT2D eigenvalue weighted by molar-refractivity contribution is -0.132. The Balaban J connectivity index is 1.42. The van der Waals surface area contributed by atoms with Crippen molar-refractivity contribution in [3.63, 3.8) is 0 Å². The second-order valence-electron chi connectivity index (χ2n) is 11.0. The van der Waals surface area contributed by atoms with Gasteiger partial charge in [0.25, 0.3) is 5.78 Å². The van der Waals surface area contributed by atoms with Crippen molar-refractivity contribution in [2.45, 2.75) is 49.4 Å². The molecule has 2 atom stereocenters. The number of anilines is 1. The van der Waals surface area contributed by atoms with Gasteiger partial charge in [-0.3, -0.25) is 14.5 Å². The third kappa shape index (κ3) is 6.25. The highest BCUT2D eigenvalue weighted by molar-refractivity contribution is 8.00. The van der Waals surface area contributed by atoms with Gasteiger partial charge in [-0.25, -0.2) is 0 Å². The van der Waals surface area contributed by atoms with Crippen LogP contribution < -0.4 is 19.1 Å². The van der Waals surface area contributed by atoms with E-state index in [2.05, 4.69) is 41.0 Å². The number of ketones is 1. The SMILES string of the molecule is C=CCOc1ccc(C2/C(=C(/O)c3ccc4c(c3)CC(C)O4)C(=O)C(=O)N2c2nnc(SCc3ccc(C)cc3)s2)cc1OCC. The maximum absolute atomic E-state index is 13.8. The number of aliphatic hydroxyl groups excluding tert-OH is 1. The van der Waals surface area contributed by atoms with Crippen LogP contribution in [0.25, 0.3) is 5.76 Å². The quantitative estimate of drug-likeness (QED) is 0.0454. The number of hydrogen-bond donors (Lipinski definition) is 1. The molecule has 0 spiro atoms. The number of rotatable bonds is 11. The maximum atomic E-state index is 13.8. The average molecular weight is 656 g/mol. The van der Waals surface area contributed by atoms with E-state index in [4.69, 9.17) is 14.2 Å². The highest BCUT2D eigenvalue weighted by atomic mass is 32.2. The molecular formula is C35H33N3O6S2. The summed E-state index contributed by atoms with van der Waals surface area (Å²) in [5.41, 5.74) is 4.13. The molecule has 0 saturated carbocycles. The van der Waals surface area contributed by atoms with Crippen LogP contribution >= 0.6 is 23.1 Å². The summed E-state index contributed by atoms with van der Waals surface area (Å²) >= 11 is 2.71. The predicted octanol–water partition coefficient (Wildman–Crippen LogP) is 7.05. The number of ether oxygens (including phenoxy) is 3. The van der Waals surface area contributed by atoms with E-state index in [0.717, 1.165) is 16.9 Å². The molecule has 1 N–H and O–H groups in total. The molecule has 0 radical (unpaired) electrons. The van der Waals surface area contributed by atoms with Crippen LogP contribution in [0.5, 0.6) is 17.2 Å². The number of benzene rings is 3. The van der Waals surface area contributed by atoms with Gasteiger partial charge in [0, 0.05) is 17.7 Å². The predicted molar refractivity (Wildman–Crippen MR) is 179 cm³/mol. The molecule has 1 fully saturated rings. The first kappa shape index (κ1) is 31.4. The molecule has 1 saturated heterocycles. The van der Waals surface area contributed by atoms with E-state index in [1.54, 1.807) is 42.5 Å². The first-order valence-corrected chi connectivity index (χ1v) is 16.7. The Kier molecular flexibility index (Phi) is 9.14. The van der Waals surface area contributed by atoms with Crippen molar-refractivity contribution in [2.75, 3.05) is 18.1 Å². The summed E-state index contributed by atoms with van der Waals surface area (Å²) in [5.74, 6) is 0.423. The molecule has 4 aromatic rings. The van der Waals surface area contributed by atoms with Crippen LogP contribution in [0.3, 0.4) is 0 Å². The van der Waals surface area contributed by atoms with Crippen LogP contribution in [-0.4, -0.2) is 46.3 Å². The van der Waals surface area contributed by atoms with Crippen LogP contribution in [0.2, 0.25) is 0 Å². The van der Waals surface area contributed by atoms with Crippen LogP contribution in [0.15, 0.2) is 83.2 Å². The van der Waals surface area contributed by atoms with Crippen LogP contribution in [0.1, 0.15) is 47.7 Å². The van der Waals surface area contributed by atoms with Gasteiger partial charge in [-0.15, -0.1) is 10.2 Å². The van der Waals surface area contributed by atoms with Crippen LogP contribution in [0, 0.1) is 6.92 Å². The summed E-state index contributed by atoms with van der Waals surface area (Å²) in [5, 5.41) is 20.6. The molecule has 11 heteroatoms. The molecule has 0 bridgehead atoms. The molecule has 2 unspecified atom stereocenters. The number of amides is 1. The number of fused-ring (bicyclic) bond motifs is 1. The lowest BCUT2D eigenvalue weighted by Gasteiger charge is -2.23. The summed E-state index contributed by atoms with van der Waals surface area (Å²) in [6, 6.07) is 17.7. The number of Topliss-reactive ketones (excluding diaryl/α,β-unsaturated/α-hetero) is 1. The number of aromatic nitrogens is 2. The Morgan fingerprint density at radius 1 is 1.11 bits per heavy atom. The first-order valence-electron chi connectivity index (χ1n) is 14.9. The minimum atomic E-state index is -1.00. The third-order valence-electron chi connectivity index (χ3n) is 7.64. The van der Waals surface area contributed by atoms with E-state index in [0.29, 0.717) is 45.7 Å². The second kappa shape index (κ2) is 13.4. The molecule has 1 amide bonds. The van der Waals surface area contributed by atoms with Gasteiger partial charge in [0.05, 0.1) is 18.2 Å². The average Bonchev–Trinajstić information content (AvgIpc) is 3.74. The van der Waals surface area contributed by atoms with Gasteiger partial charge in [-0.2, -0.15) is 0 Å². The van der Waals surface area contributed by atoms with Crippen molar-refractivity contribution < 1.29 is 28.9 Å². The smallest absolute Gasteiger partial charge is 0.301 e. The van der Waals surface area contributed by atoms with Crippen molar-refractivity contribution >= 4 is 45.7 Å². The van der Waals surface area contributed by atoms with Gasteiger partial charge >= 0.3 is 5.91 Å². The molecular weight excluding hydrogens is 623 g/mol. The number of thioether (sulfide) groups is 1. The highest BCUT2D eigenvalue weighted by Gasteiger charge is 2.48. The second-order valence-corrected chi connectivity index (χ2v) is 13.2. The zero-order valence-electron chi connectivity index (χ0n) is 25.7. The van der Waals surface area contributed by atoms with Crippen LogP contribution in [0.4, 0.5) is 5.13 Å². The normalized spacial score (nSPS) is 18.4. The fraction of sp³-hybridized carbons (Fsp3) is 0.257. The first-order chi connectivity index (χ1) is 22.3. The van der Waals surface area contributed by atoms with Crippen molar-refractivity contribution in [2.24, 2.45) is 0 Å². The summed E-state index contributed by atoms with van der Waals surface area (Å²) in [4.78, 5) is 28.9. The monoisotopic (exact) mass is 655 g/mol. The largest absolute Gasteiger partial charge is 0.507 e. The van der Waals surface area contributed by atoms with E-state index in [1.807, 2.05) is 20.8 Å². The molecule has 9 nitrogen and oxygen atoms in total. The van der Waals surface area contributed by atoms with E-state index in [1.165, 1.54) is 33.6 Å². The highest BCUT2D eigenvalue weighted by Crippen LogP contribution is 2.46. The zero-order chi connectivity index (χ0) is 32.4. The fourth-order valence-electron chi connectivity index (χ4n) is 5.49. The van der Waals surface area contributed by atoms with Crippen molar-refractivity contribution in [1.29, 1.82) is 0 Å². The summed E-state index contributed by atoms with van der Waals surface area (Å²) in [7, 11) is 0. The zero-order valence-corrected chi connectivity index (χ0v) is 27.3. The third-order valence-corrected chi connectivity index (χ3v) is 9.77. The summed E-state index contributed by atoms with van der Waals surface area (Å²) in [6.07, 6.45) is 2.31. The molecule has 3 heterocycles. The topological polar surface area (TPSA) is 111 Å². The number of carbonyl (C=O) groups excluding carboxylic acids is 2. The molecule has 6 rings (SSSR count). The maximum Gasteiger partial charge on any atom is 0.301 e. The van der Waals surface area contributed by atoms with Crippen molar-refractivity contribution in [3.05, 3.63) is 107 Å². The van der Waals surface area contributed by atoms with E-state index in [9.17, 15) is 14.7 Å². The number of nitrogens with zero attached hydrogens (tertiary/aromatic N) is 3. The van der Waals surface area contributed by atoms with Crippen molar-refractivity contribution in [1.82, 2.24) is 10.2 Å². The summed E-state index contributed by atoms with van der Waals surface area (Å²) < 4.78 is 18.1. The number of aliphatic hydroxyl groups is 1. The van der Waals surface area contributed by atoms with Gasteiger partial charge < -0.3 is 19.3 Å². The standard InChI is InChI=1S/C35H33N3O6S2/c1-5-15-43-27-14-11-23(18-28(27)42-6-2)30-29(31(39)24-12-13-26-25(17-24)16-21(4)44-26)32(40)33(41)38(30)34-36-37-35(46-34)45-19-22-9-7-20(3)8-10-22/h5,7-14,17-18,21,30,39H,1,6,15-16,19H2,2-4H3/b31-29-. The number of hydrogen-bond acceptors (Lipinski definition) is 10. The molecule has 2 aliphatic rings. The number of aryl methyl sites for hydroxylation is 1. The Bertz CT molecular complexity index is 1830. The van der Waals surface area contributed by atoms with Crippen LogP contribution in [-0.2, 0) is 21.8 Å². The lowest BCUT2D eigenvalue weighted by atomic mass is 9.94. The Hall–Kier alpha value is -4.61. The minimum Gasteiger partial charge on any atom is -0.507 e. The fourth-order valence-corrected chi connectivity index (χ4v) is 7.31. The van der Waals surface area contributed by atoms with Gasteiger partial charge in [0.1, 0.15) is 24.2 Å². The molecule has 46 heavy (non-hydrogen) atoms. The van der Waals surface area contributed by atoms with E-state index < -0.39 is 17.7 Å². The molecule has 236 valence electrons. The van der Waals surface area contributed by atoms with Gasteiger partial charge in [0.15, 0.2) is 15.8 Å². The summed E-state index contributed by atoms with van der Waals surface area (Å²) in [6.45, 7) is 10.2. The lowest BCUT2D eigenvalue weighted by Crippen LogP contribution is -2.29. The van der Waals surface area contributed by atoms with E-state index in [-0.39, 0.29) is 29.2 Å². The Labute approximate surface area is 275 Å². The van der Waals surface area contributed by atoms with Gasteiger partial charge in [-0.1, -0.05) is 71.6 Å². The molecule has 2 aliphatic heterocycles. The Morgan fingerprint density at radius 2 is 1.91 bits per heavy atom. The molecule has 3 aromatic carbocycles. The minimum absolute atomic E-state index is 0.00672.